The molecule has 13 heteroatoms. The van der Waals surface area contributed by atoms with Crippen LogP contribution in [0.2, 0.25) is 0 Å². The Labute approximate surface area is 431 Å². The summed E-state index contributed by atoms with van der Waals surface area (Å²) in [5.41, 5.74) is 14.4. The third-order valence-corrected chi connectivity index (χ3v) is 12.2. The Morgan fingerprint density at radius 1 is 0.377 bits per heavy atom. The average Bonchev–Trinajstić information content (AvgIpc) is 4.22. The molecule has 0 radical (unpaired) electrons. The van der Waals surface area contributed by atoms with E-state index in [2.05, 4.69) is 227 Å². The number of aryl methyl sites for hydroxylation is 4. The Balaban J connectivity index is 0.00000277. The maximum Gasteiger partial charge on any atom is 0.0124 e. The molecular formula is C56H43N11Pd2-8. The predicted octanol–water partition coefficient (Wildman–Crippen LogP) is 11.7. The Morgan fingerprint density at radius 3 is 1.19 bits per heavy atom. The first-order chi connectivity index (χ1) is 32.8. The van der Waals surface area contributed by atoms with Crippen molar-refractivity contribution < 1.29 is 40.8 Å². The van der Waals surface area contributed by atoms with Crippen LogP contribution in [0.15, 0.2) is 165 Å². The summed E-state index contributed by atoms with van der Waals surface area (Å²) in [5, 5.41) is 0.826. The van der Waals surface area contributed by atoms with Crippen LogP contribution in [0.4, 0.5) is 45.6 Å². The Morgan fingerprint density at radius 2 is 0.754 bits per heavy atom. The summed E-state index contributed by atoms with van der Waals surface area (Å²) in [7, 11) is 0. The normalized spacial score (nSPS) is 15.2. The number of rotatable bonds is 9. The van der Waals surface area contributed by atoms with Gasteiger partial charge < -0.3 is 60.9 Å². The largest absolute Gasteiger partial charge is 0.519 e. The fourth-order valence-electron chi connectivity index (χ4n) is 8.41. The number of pyridine rings is 2. The van der Waals surface area contributed by atoms with Gasteiger partial charge in [0.05, 0.1) is 0 Å². The first-order valence-electron chi connectivity index (χ1n) is 22.1. The van der Waals surface area contributed by atoms with Gasteiger partial charge in [-0.2, -0.15) is 11.5 Å². The maximum absolute atomic E-state index is 5.13. The van der Waals surface area contributed by atoms with Crippen LogP contribution >= 0.6 is 0 Å². The molecule has 0 N–H and O–H groups in total. The second-order valence-corrected chi connectivity index (χ2v) is 17.0. The van der Waals surface area contributed by atoms with Crippen molar-refractivity contribution in [2.24, 2.45) is 0 Å². The van der Waals surface area contributed by atoms with Gasteiger partial charge in [-0.05, 0) is 126 Å². The second-order valence-electron chi connectivity index (χ2n) is 17.0. The van der Waals surface area contributed by atoms with Crippen molar-refractivity contribution in [3.8, 4) is 5.69 Å². The SMILES string of the molecule is Cc1ccc(N2C=CN(c3[c-]c4c(nc3)c3cnc(N5C=CN(c6ccc(C)cc6)[CH-]5)[c-]c3n4-c3[c-]c(N4C=CN(c5ccc(C)cc5)[CH-]4)cc(N4C=CN(c5ccc(C)cc5)[CH-]4)[c-]3)[CH-]2)cc1.[Pd].[Pd]. The number of benzene rings is 5. The molecule has 69 heavy (non-hydrogen) atoms. The van der Waals surface area contributed by atoms with Gasteiger partial charge in [0, 0.05) is 69.4 Å². The quantitative estimate of drug-likeness (QED) is 0.103. The summed E-state index contributed by atoms with van der Waals surface area (Å²) in [5.74, 6) is 0.623. The van der Waals surface area contributed by atoms with Crippen LogP contribution in [-0.4, -0.2) is 14.5 Å². The minimum atomic E-state index is 0. The van der Waals surface area contributed by atoms with Crippen LogP contribution in [0.1, 0.15) is 22.3 Å². The van der Waals surface area contributed by atoms with Gasteiger partial charge in [0.15, 0.2) is 0 Å². The van der Waals surface area contributed by atoms with E-state index in [0.717, 1.165) is 61.7 Å². The molecule has 0 atom stereocenters. The summed E-state index contributed by atoms with van der Waals surface area (Å²) in [4.78, 5) is 26.7. The van der Waals surface area contributed by atoms with E-state index < -0.39 is 0 Å². The van der Waals surface area contributed by atoms with Crippen molar-refractivity contribution in [2.75, 3.05) is 39.2 Å². The standard InChI is InChI=1S/C56H43N11.2Pd/c1-40-5-13-44(14-6-40)59-21-24-63(36-59)48-29-49(64-25-22-60(37-64)45-15-7-41(2)8-16-45)31-50(30-48)67-53-33-55(66-28-27-62(39-66)47-19-11-43(4)12-20-47)57-35-52(53)56-54(67)32-51(34-58-56)65-26-23-61(38-65)46-17-9-42(3)10-18-46;;/h5-29,34-39H,1-4H3;;/q-8;;. The molecule has 3 aromatic heterocycles. The van der Waals surface area contributed by atoms with Crippen LogP contribution in [0.3, 0.4) is 0 Å². The van der Waals surface area contributed by atoms with E-state index in [0.29, 0.717) is 11.5 Å². The van der Waals surface area contributed by atoms with Crippen LogP contribution < -0.4 is 39.2 Å². The molecule has 12 rings (SSSR count). The van der Waals surface area contributed by atoms with Gasteiger partial charge in [-0.1, -0.05) is 99.9 Å². The third-order valence-electron chi connectivity index (χ3n) is 12.2. The van der Waals surface area contributed by atoms with Crippen LogP contribution in [-0.2, 0) is 40.8 Å². The number of hydrogen-bond acceptors (Lipinski definition) is 10. The van der Waals surface area contributed by atoms with E-state index >= 15 is 0 Å². The first-order valence-corrected chi connectivity index (χ1v) is 22.1. The van der Waals surface area contributed by atoms with E-state index in [1.807, 2.05) is 60.3 Å². The number of hydrogen-bond donors (Lipinski definition) is 0. The predicted molar refractivity (Wildman–Crippen MR) is 270 cm³/mol. The summed E-state index contributed by atoms with van der Waals surface area (Å²) in [6.07, 6.45) is 20.1. The molecule has 0 saturated heterocycles. The smallest absolute Gasteiger partial charge is 0.0124 e. The van der Waals surface area contributed by atoms with Gasteiger partial charge in [0.2, 0.25) is 0 Å². The molecule has 8 aromatic rings. The van der Waals surface area contributed by atoms with Crippen molar-refractivity contribution in [2.45, 2.75) is 27.7 Å². The molecular weight excluding hydrogens is 1040 g/mol. The van der Waals surface area contributed by atoms with Crippen molar-refractivity contribution >= 4 is 67.6 Å². The summed E-state index contributed by atoms with van der Waals surface area (Å²) in [6.45, 7) is 16.6. The molecule has 4 aliphatic heterocycles. The molecule has 5 aromatic carbocycles. The van der Waals surface area contributed by atoms with E-state index in [1.54, 1.807) is 0 Å². The molecule has 0 saturated carbocycles. The maximum atomic E-state index is 5.13. The molecule has 4 aliphatic rings. The number of nitrogens with zero attached hydrogens (tertiary/aromatic N) is 11. The first kappa shape index (κ1) is 45.7. The van der Waals surface area contributed by atoms with Gasteiger partial charge in [-0.3, -0.25) is 4.98 Å². The number of aromatic nitrogens is 3. The topological polar surface area (TPSA) is 56.6 Å². The number of anilines is 8. The molecule has 0 fully saturated rings. The van der Waals surface area contributed by atoms with Gasteiger partial charge >= 0.3 is 0 Å². The minimum Gasteiger partial charge on any atom is -0.519 e. The Hall–Kier alpha value is -7.12. The zero-order valence-electron chi connectivity index (χ0n) is 37.9. The van der Waals surface area contributed by atoms with E-state index in [1.165, 1.54) is 22.3 Å². The van der Waals surface area contributed by atoms with Gasteiger partial charge in [0.1, 0.15) is 0 Å². The fraction of sp³-hybridized carbons (Fsp3) is 0.0714. The molecule has 7 heterocycles. The van der Waals surface area contributed by atoms with E-state index in [-0.39, 0.29) is 40.8 Å². The van der Waals surface area contributed by atoms with E-state index in [4.69, 9.17) is 9.97 Å². The van der Waals surface area contributed by atoms with Crippen molar-refractivity contribution in [1.82, 2.24) is 14.5 Å². The van der Waals surface area contributed by atoms with Crippen LogP contribution in [0.25, 0.3) is 27.6 Å². The fourth-order valence-corrected chi connectivity index (χ4v) is 8.41. The van der Waals surface area contributed by atoms with Crippen molar-refractivity contribution in [1.29, 1.82) is 0 Å². The minimum absolute atomic E-state index is 0. The monoisotopic (exact) mass is 1080 g/mol. The second kappa shape index (κ2) is 18.8. The summed E-state index contributed by atoms with van der Waals surface area (Å²) in [6, 6.07) is 51.1. The van der Waals surface area contributed by atoms with Crippen LogP contribution in [0.5, 0.6) is 0 Å². The third kappa shape index (κ3) is 8.80. The van der Waals surface area contributed by atoms with E-state index in [9.17, 15) is 0 Å². The molecule has 0 aliphatic carbocycles. The van der Waals surface area contributed by atoms with Gasteiger partial charge in [-0.15, -0.1) is 38.3 Å². The van der Waals surface area contributed by atoms with Gasteiger partial charge in [0.25, 0.3) is 0 Å². The van der Waals surface area contributed by atoms with Gasteiger partial charge in [-0.25, -0.2) is 23.1 Å². The molecule has 0 bridgehead atoms. The molecule has 0 unspecified atom stereocenters. The Kier molecular flexibility index (Phi) is 12.4. The molecule has 0 amide bonds. The number of fused-ring (bicyclic) bond motifs is 3. The molecule has 350 valence electrons. The zero-order valence-corrected chi connectivity index (χ0v) is 41.1. The zero-order chi connectivity index (χ0) is 45.2. The van der Waals surface area contributed by atoms with Crippen molar-refractivity contribution in [3.63, 3.8) is 0 Å². The average molecular weight is 1080 g/mol. The molecule has 11 nitrogen and oxygen atoms in total. The molecule has 0 spiro atoms. The summed E-state index contributed by atoms with van der Waals surface area (Å²) >= 11 is 0. The van der Waals surface area contributed by atoms with Crippen LogP contribution in [0, 0.1) is 78.6 Å². The Bertz CT molecular complexity index is 3080. The van der Waals surface area contributed by atoms with Crippen molar-refractivity contribution in [3.05, 3.63) is 238 Å². The summed E-state index contributed by atoms with van der Waals surface area (Å²) < 4.78 is 2.11.